The molecule has 160 valence electrons. The third-order valence-corrected chi connectivity index (χ3v) is 6.69. The van der Waals surface area contributed by atoms with Gasteiger partial charge in [0.05, 0.1) is 36.1 Å². The second kappa shape index (κ2) is 8.57. The van der Waals surface area contributed by atoms with Gasteiger partial charge in [-0.2, -0.15) is 0 Å². The Morgan fingerprint density at radius 3 is 2.86 bits per heavy atom. The van der Waals surface area contributed by atoms with Gasteiger partial charge in [0, 0.05) is 6.42 Å². The Morgan fingerprint density at radius 1 is 1.48 bits per heavy atom. The van der Waals surface area contributed by atoms with Crippen molar-refractivity contribution in [3.05, 3.63) is 40.7 Å². The van der Waals surface area contributed by atoms with Crippen molar-refractivity contribution in [2.24, 2.45) is 0 Å². The zero-order valence-corrected chi connectivity index (χ0v) is 17.1. The Hall–Kier alpha value is -1.72. The van der Waals surface area contributed by atoms with Crippen LogP contribution in [-0.2, 0) is 29.0 Å². The zero-order valence-electron chi connectivity index (χ0n) is 15.6. The standard InChI is InChI=1S/C18H21ClFNO7S/c1-2-26-17(23)13-8-18(27-10-12(9-22)28-18)6-5-16(13)29(24,25)21-15-4-3-11(20)7-14(15)19/h3-4,7-8,12,16,21-22H,2,5-6,9-10H2,1H3/t12-,16?,18?/m1/s1. The largest absolute Gasteiger partial charge is 0.463 e. The molecule has 1 fully saturated rings. The lowest BCUT2D eigenvalue weighted by Gasteiger charge is -2.33. The van der Waals surface area contributed by atoms with Crippen molar-refractivity contribution >= 4 is 33.3 Å². The molecule has 1 spiro atoms. The maximum Gasteiger partial charge on any atom is 0.335 e. The fourth-order valence-corrected chi connectivity index (χ4v) is 5.12. The molecule has 3 atom stereocenters. The van der Waals surface area contributed by atoms with E-state index in [0.29, 0.717) is 0 Å². The first-order valence-electron chi connectivity index (χ1n) is 8.99. The van der Waals surface area contributed by atoms with Gasteiger partial charge >= 0.3 is 5.97 Å². The highest BCUT2D eigenvalue weighted by Gasteiger charge is 2.48. The van der Waals surface area contributed by atoms with Crippen LogP contribution in [0.3, 0.4) is 0 Å². The SMILES string of the molecule is CCOC(=O)C1=CC2(CCC1S(=O)(=O)Nc1ccc(F)cc1Cl)OC[C@@H](CO)O2. The summed E-state index contributed by atoms with van der Waals surface area (Å²) < 4.78 is 57.9. The molecule has 1 aromatic carbocycles. The van der Waals surface area contributed by atoms with Crippen molar-refractivity contribution < 1.29 is 36.9 Å². The lowest BCUT2D eigenvalue weighted by molar-refractivity contribution is -0.148. The van der Waals surface area contributed by atoms with Crippen molar-refractivity contribution in [1.29, 1.82) is 0 Å². The summed E-state index contributed by atoms with van der Waals surface area (Å²) in [5.74, 6) is -2.72. The van der Waals surface area contributed by atoms with Gasteiger partial charge in [-0.05, 0) is 37.6 Å². The molecule has 1 heterocycles. The molecule has 0 amide bonds. The monoisotopic (exact) mass is 449 g/mol. The molecule has 29 heavy (non-hydrogen) atoms. The highest BCUT2D eigenvalue weighted by Crippen LogP contribution is 2.39. The normalized spacial score (nSPS) is 27.0. The molecule has 11 heteroatoms. The molecule has 1 aliphatic carbocycles. The van der Waals surface area contributed by atoms with Gasteiger partial charge in [-0.25, -0.2) is 17.6 Å². The first-order valence-corrected chi connectivity index (χ1v) is 10.9. The highest BCUT2D eigenvalue weighted by atomic mass is 35.5. The topological polar surface area (TPSA) is 111 Å². The van der Waals surface area contributed by atoms with Crippen molar-refractivity contribution in [3.8, 4) is 0 Å². The molecule has 0 bridgehead atoms. The molecular weight excluding hydrogens is 429 g/mol. The number of sulfonamides is 1. The van der Waals surface area contributed by atoms with E-state index >= 15 is 0 Å². The molecule has 0 saturated carbocycles. The maximum atomic E-state index is 13.2. The number of anilines is 1. The summed E-state index contributed by atoms with van der Waals surface area (Å²) in [4.78, 5) is 12.5. The first-order chi connectivity index (χ1) is 13.7. The van der Waals surface area contributed by atoms with Crippen LogP contribution in [0.15, 0.2) is 29.8 Å². The van der Waals surface area contributed by atoms with Crippen LogP contribution in [0.25, 0.3) is 0 Å². The number of hydrogen-bond acceptors (Lipinski definition) is 7. The van der Waals surface area contributed by atoms with Crippen LogP contribution < -0.4 is 4.72 Å². The van der Waals surface area contributed by atoms with E-state index in [1.54, 1.807) is 6.92 Å². The van der Waals surface area contributed by atoms with Gasteiger partial charge in [-0.15, -0.1) is 0 Å². The number of aliphatic hydroxyl groups is 1. The Kier molecular flexibility index (Phi) is 6.49. The van der Waals surface area contributed by atoms with Crippen LogP contribution in [0.5, 0.6) is 0 Å². The molecule has 0 radical (unpaired) electrons. The van der Waals surface area contributed by atoms with Gasteiger partial charge in [-0.1, -0.05) is 11.6 Å². The van der Waals surface area contributed by atoms with Crippen LogP contribution in [0.1, 0.15) is 19.8 Å². The minimum Gasteiger partial charge on any atom is -0.463 e. The van der Waals surface area contributed by atoms with Gasteiger partial charge in [0.15, 0.2) is 5.79 Å². The number of carbonyl (C=O) groups excluding carboxylic acids is 1. The number of aliphatic hydroxyl groups excluding tert-OH is 1. The molecule has 0 aromatic heterocycles. The van der Waals surface area contributed by atoms with Gasteiger partial charge in [0.1, 0.15) is 17.2 Å². The summed E-state index contributed by atoms with van der Waals surface area (Å²) >= 11 is 5.92. The molecule has 1 saturated heterocycles. The second-order valence-corrected chi connectivity index (χ2v) is 8.93. The van der Waals surface area contributed by atoms with Gasteiger partial charge in [0.2, 0.25) is 10.0 Å². The quantitative estimate of drug-likeness (QED) is 0.639. The summed E-state index contributed by atoms with van der Waals surface area (Å²) in [6.07, 6.45) is 0.880. The summed E-state index contributed by atoms with van der Waals surface area (Å²) in [5.41, 5.74) is -0.146. The molecule has 1 aromatic rings. The van der Waals surface area contributed by atoms with Crippen LogP contribution in [0.2, 0.25) is 5.02 Å². The molecule has 2 aliphatic rings. The molecule has 2 N–H and O–H groups in total. The predicted molar refractivity (Wildman–Crippen MR) is 102 cm³/mol. The van der Waals surface area contributed by atoms with Gasteiger partial charge in [0.25, 0.3) is 0 Å². The van der Waals surface area contributed by atoms with Crippen molar-refractivity contribution in [2.75, 3.05) is 24.5 Å². The lowest BCUT2D eigenvalue weighted by Crippen LogP contribution is -2.42. The van der Waals surface area contributed by atoms with Crippen LogP contribution in [0.4, 0.5) is 10.1 Å². The molecule has 1 aliphatic heterocycles. The number of halogens is 2. The van der Waals surface area contributed by atoms with E-state index in [2.05, 4.69) is 4.72 Å². The van der Waals surface area contributed by atoms with E-state index < -0.39 is 39.0 Å². The molecule has 2 unspecified atom stereocenters. The Labute approximate surface area is 172 Å². The van der Waals surface area contributed by atoms with Gasteiger partial charge < -0.3 is 19.3 Å². The third-order valence-electron chi connectivity index (χ3n) is 4.63. The average molecular weight is 450 g/mol. The number of nitrogens with one attached hydrogen (secondary N) is 1. The molecular formula is C18H21ClFNO7S. The number of carbonyl (C=O) groups is 1. The second-order valence-electron chi connectivity index (χ2n) is 6.66. The van der Waals surface area contributed by atoms with E-state index in [-0.39, 0.29) is 48.9 Å². The Bertz CT molecular complexity index is 923. The van der Waals surface area contributed by atoms with Crippen LogP contribution in [0, 0.1) is 5.82 Å². The van der Waals surface area contributed by atoms with Crippen molar-refractivity contribution in [1.82, 2.24) is 0 Å². The summed E-state index contributed by atoms with van der Waals surface area (Å²) in [6, 6.07) is 3.24. The fourth-order valence-electron chi connectivity index (χ4n) is 3.29. The predicted octanol–water partition coefficient (Wildman–Crippen LogP) is 1.98. The van der Waals surface area contributed by atoms with E-state index in [9.17, 15) is 22.7 Å². The van der Waals surface area contributed by atoms with E-state index in [4.69, 9.17) is 25.8 Å². The Morgan fingerprint density at radius 2 is 2.24 bits per heavy atom. The fraction of sp³-hybridized carbons (Fsp3) is 0.500. The number of hydrogen-bond donors (Lipinski definition) is 2. The smallest absolute Gasteiger partial charge is 0.335 e. The highest BCUT2D eigenvalue weighted by molar-refractivity contribution is 7.93. The first kappa shape index (κ1) is 22.0. The summed E-state index contributed by atoms with van der Waals surface area (Å²) in [7, 11) is -4.14. The third kappa shape index (κ3) is 4.72. The van der Waals surface area contributed by atoms with E-state index in [0.717, 1.165) is 12.1 Å². The maximum absolute atomic E-state index is 13.2. The summed E-state index contributed by atoms with van der Waals surface area (Å²) in [5, 5.41) is 7.90. The lowest BCUT2D eigenvalue weighted by atomic mass is 9.94. The minimum absolute atomic E-state index is 0.00303. The van der Waals surface area contributed by atoms with Crippen molar-refractivity contribution in [2.45, 2.75) is 36.9 Å². The van der Waals surface area contributed by atoms with Crippen molar-refractivity contribution in [3.63, 3.8) is 0 Å². The van der Waals surface area contributed by atoms with Gasteiger partial charge in [-0.3, -0.25) is 4.72 Å². The average Bonchev–Trinajstić information content (AvgIpc) is 3.06. The van der Waals surface area contributed by atoms with Crippen LogP contribution in [-0.4, -0.2) is 56.5 Å². The Balaban J connectivity index is 1.93. The molecule has 3 rings (SSSR count). The molecule has 8 nitrogen and oxygen atoms in total. The number of benzene rings is 1. The van der Waals surface area contributed by atoms with Crippen LogP contribution >= 0.6 is 11.6 Å². The van der Waals surface area contributed by atoms with E-state index in [1.807, 2.05) is 0 Å². The number of ether oxygens (including phenoxy) is 3. The number of esters is 1. The van der Waals surface area contributed by atoms with E-state index in [1.165, 1.54) is 12.1 Å². The number of rotatable bonds is 6. The summed E-state index contributed by atoms with van der Waals surface area (Å²) in [6.45, 7) is 1.50. The minimum atomic E-state index is -4.14. The zero-order chi connectivity index (χ0) is 21.2.